The Hall–Kier alpha value is -2.07. The minimum absolute atomic E-state index is 0.165. The zero-order chi connectivity index (χ0) is 12.1. The fourth-order valence-electron chi connectivity index (χ4n) is 1.93. The van der Waals surface area contributed by atoms with Crippen LogP contribution in [0.25, 0.3) is 0 Å². The molecule has 0 saturated carbocycles. The van der Waals surface area contributed by atoms with E-state index in [4.69, 9.17) is 0 Å². The van der Waals surface area contributed by atoms with Crippen molar-refractivity contribution in [2.24, 2.45) is 0 Å². The van der Waals surface area contributed by atoms with E-state index >= 15 is 0 Å². The van der Waals surface area contributed by atoms with Crippen LogP contribution in [-0.2, 0) is 6.42 Å². The molecule has 0 amide bonds. The smallest absolute Gasteiger partial charge is 0.0962 e. The van der Waals surface area contributed by atoms with Gasteiger partial charge in [0, 0.05) is 0 Å². The molecule has 1 heteroatoms. The van der Waals surface area contributed by atoms with Gasteiger partial charge in [0.05, 0.1) is 12.0 Å². The van der Waals surface area contributed by atoms with Crippen molar-refractivity contribution in [3.63, 3.8) is 0 Å². The first-order chi connectivity index (χ1) is 8.35. The summed E-state index contributed by atoms with van der Waals surface area (Å²) in [7, 11) is 0. The second-order valence-corrected chi connectivity index (χ2v) is 4.07. The van der Waals surface area contributed by atoms with Crippen LogP contribution in [0.15, 0.2) is 54.6 Å². The number of hydrogen-bond acceptors (Lipinski definition) is 1. The molecule has 0 bridgehead atoms. The summed E-state index contributed by atoms with van der Waals surface area (Å²) in [6, 6.07) is 20.6. The van der Waals surface area contributed by atoms with Crippen LogP contribution in [0.2, 0.25) is 0 Å². The van der Waals surface area contributed by atoms with Crippen LogP contribution in [0.5, 0.6) is 0 Å². The molecular weight excluding hydrogens is 206 g/mol. The lowest BCUT2D eigenvalue weighted by Crippen LogP contribution is -1.98. The third kappa shape index (κ3) is 2.54. The van der Waals surface area contributed by atoms with Crippen LogP contribution >= 0.6 is 0 Å². The number of hydrogen-bond donors (Lipinski definition) is 0. The van der Waals surface area contributed by atoms with Crippen molar-refractivity contribution in [3.05, 3.63) is 71.3 Å². The van der Waals surface area contributed by atoms with Gasteiger partial charge in [0.15, 0.2) is 0 Å². The predicted octanol–water partition coefficient (Wildman–Crippen LogP) is 3.90. The van der Waals surface area contributed by atoms with Crippen LogP contribution in [0.4, 0.5) is 0 Å². The van der Waals surface area contributed by atoms with Crippen molar-refractivity contribution < 1.29 is 0 Å². The largest absolute Gasteiger partial charge is 0.197 e. The lowest BCUT2D eigenvalue weighted by Gasteiger charge is -2.10. The average Bonchev–Trinajstić information content (AvgIpc) is 2.42. The van der Waals surface area contributed by atoms with Crippen molar-refractivity contribution in [1.82, 2.24) is 0 Å². The van der Waals surface area contributed by atoms with Crippen molar-refractivity contribution >= 4 is 0 Å². The van der Waals surface area contributed by atoms with Gasteiger partial charge < -0.3 is 0 Å². The molecule has 0 heterocycles. The Morgan fingerprint density at radius 2 is 1.53 bits per heavy atom. The van der Waals surface area contributed by atoms with Crippen LogP contribution in [0, 0.1) is 11.3 Å². The van der Waals surface area contributed by atoms with Crippen molar-refractivity contribution in [2.75, 3.05) is 0 Å². The normalized spacial score (nSPS) is 11.8. The molecule has 0 fully saturated rings. The van der Waals surface area contributed by atoms with Crippen molar-refractivity contribution in [3.8, 4) is 6.07 Å². The van der Waals surface area contributed by atoms with Crippen molar-refractivity contribution in [1.29, 1.82) is 5.26 Å². The highest BCUT2D eigenvalue weighted by molar-refractivity contribution is 5.38. The van der Waals surface area contributed by atoms with Gasteiger partial charge in [-0.05, 0) is 23.1 Å². The molecule has 1 atom stereocenters. The number of benzene rings is 2. The monoisotopic (exact) mass is 221 g/mol. The molecular formula is C16H15N. The minimum atomic E-state index is -0.165. The van der Waals surface area contributed by atoms with Gasteiger partial charge in [-0.15, -0.1) is 0 Å². The molecule has 0 N–H and O–H groups in total. The molecule has 2 rings (SSSR count). The molecule has 0 radical (unpaired) electrons. The SMILES string of the molecule is CCc1ccc([C@@H](C#N)c2ccccc2)cc1. The molecule has 0 spiro atoms. The van der Waals surface area contributed by atoms with Gasteiger partial charge in [-0.2, -0.15) is 5.26 Å². The van der Waals surface area contributed by atoms with Crippen LogP contribution in [0.3, 0.4) is 0 Å². The van der Waals surface area contributed by atoms with Gasteiger partial charge in [-0.3, -0.25) is 0 Å². The zero-order valence-electron chi connectivity index (χ0n) is 9.93. The Labute approximate surface area is 102 Å². The van der Waals surface area contributed by atoms with E-state index in [9.17, 15) is 5.26 Å². The van der Waals surface area contributed by atoms with E-state index in [1.165, 1.54) is 5.56 Å². The fourth-order valence-corrected chi connectivity index (χ4v) is 1.93. The second kappa shape index (κ2) is 5.32. The number of rotatable bonds is 3. The summed E-state index contributed by atoms with van der Waals surface area (Å²) in [6.07, 6.45) is 1.03. The topological polar surface area (TPSA) is 23.8 Å². The van der Waals surface area contributed by atoms with Gasteiger partial charge in [0.25, 0.3) is 0 Å². The lowest BCUT2D eigenvalue weighted by molar-refractivity contribution is 1.03. The first kappa shape index (κ1) is 11.4. The number of nitriles is 1. The van der Waals surface area contributed by atoms with Crippen LogP contribution < -0.4 is 0 Å². The molecule has 0 aliphatic heterocycles. The van der Waals surface area contributed by atoms with Gasteiger partial charge in [0.1, 0.15) is 0 Å². The molecule has 17 heavy (non-hydrogen) atoms. The molecule has 84 valence electrons. The summed E-state index contributed by atoms with van der Waals surface area (Å²) in [5.41, 5.74) is 3.42. The standard InChI is InChI=1S/C16H15N/c1-2-13-8-10-15(11-9-13)16(12-17)14-6-4-3-5-7-14/h3-11,16H,2H2,1H3/t16-/m0/s1. The third-order valence-corrected chi connectivity index (χ3v) is 2.98. The molecule has 0 aromatic heterocycles. The Balaban J connectivity index is 2.33. The van der Waals surface area contributed by atoms with E-state index in [0.717, 1.165) is 17.5 Å². The first-order valence-electron chi connectivity index (χ1n) is 5.88. The van der Waals surface area contributed by atoms with E-state index in [2.05, 4.69) is 37.3 Å². The molecule has 0 saturated heterocycles. The maximum atomic E-state index is 9.31. The van der Waals surface area contributed by atoms with Gasteiger partial charge in [-0.25, -0.2) is 0 Å². The van der Waals surface area contributed by atoms with E-state index in [-0.39, 0.29) is 5.92 Å². The van der Waals surface area contributed by atoms with Gasteiger partial charge in [-0.1, -0.05) is 61.5 Å². The maximum Gasteiger partial charge on any atom is 0.0962 e. The van der Waals surface area contributed by atoms with E-state index in [0.29, 0.717) is 0 Å². The quantitative estimate of drug-likeness (QED) is 0.771. The second-order valence-electron chi connectivity index (χ2n) is 4.07. The lowest BCUT2D eigenvalue weighted by atomic mass is 9.92. The maximum absolute atomic E-state index is 9.31. The fraction of sp³-hybridized carbons (Fsp3) is 0.188. The summed E-state index contributed by atoms with van der Waals surface area (Å²) in [5, 5.41) is 9.31. The van der Waals surface area contributed by atoms with E-state index < -0.39 is 0 Å². The zero-order valence-corrected chi connectivity index (χ0v) is 9.93. The summed E-state index contributed by atoms with van der Waals surface area (Å²) in [4.78, 5) is 0. The average molecular weight is 221 g/mol. The molecule has 2 aromatic carbocycles. The summed E-state index contributed by atoms with van der Waals surface area (Å²) in [5.74, 6) is -0.165. The van der Waals surface area contributed by atoms with E-state index in [1.54, 1.807) is 0 Å². The van der Waals surface area contributed by atoms with Crippen LogP contribution in [-0.4, -0.2) is 0 Å². The molecule has 2 aromatic rings. The third-order valence-electron chi connectivity index (χ3n) is 2.98. The van der Waals surface area contributed by atoms with Gasteiger partial charge in [0.2, 0.25) is 0 Å². The van der Waals surface area contributed by atoms with Gasteiger partial charge >= 0.3 is 0 Å². The predicted molar refractivity (Wildman–Crippen MR) is 69.7 cm³/mol. The highest BCUT2D eigenvalue weighted by atomic mass is 14.3. The molecule has 0 unspecified atom stereocenters. The highest BCUT2D eigenvalue weighted by Crippen LogP contribution is 2.23. The Morgan fingerprint density at radius 1 is 0.941 bits per heavy atom. The highest BCUT2D eigenvalue weighted by Gasteiger charge is 2.12. The Morgan fingerprint density at radius 3 is 2.06 bits per heavy atom. The summed E-state index contributed by atoms with van der Waals surface area (Å²) < 4.78 is 0. The van der Waals surface area contributed by atoms with Crippen LogP contribution in [0.1, 0.15) is 29.5 Å². The summed E-state index contributed by atoms with van der Waals surface area (Å²) >= 11 is 0. The first-order valence-corrected chi connectivity index (χ1v) is 5.88. The summed E-state index contributed by atoms with van der Waals surface area (Å²) in [6.45, 7) is 2.13. The minimum Gasteiger partial charge on any atom is -0.197 e. The molecule has 1 nitrogen and oxygen atoms in total. The van der Waals surface area contributed by atoms with E-state index in [1.807, 2.05) is 30.3 Å². The number of nitrogens with zero attached hydrogens (tertiary/aromatic N) is 1. The van der Waals surface area contributed by atoms with Crippen molar-refractivity contribution in [2.45, 2.75) is 19.3 Å². The molecule has 0 aliphatic rings. The Kier molecular flexibility index (Phi) is 3.57. The molecule has 0 aliphatic carbocycles. The number of aryl methyl sites for hydroxylation is 1. The Bertz CT molecular complexity index is 505.